The summed E-state index contributed by atoms with van der Waals surface area (Å²) in [6.45, 7) is 24.6. The predicted octanol–water partition coefficient (Wildman–Crippen LogP) is 6.78. The molecule has 0 spiro atoms. The first-order valence-electron chi connectivity index (χ1n) is 31.0. The van der Waals surface area contributed by atoms with Gasteiger partial charge in [-0.05, 0) is 92.8 Å². The van der Waals surface area contributed by atoms with Gasteiger partial charge in [0.1, 0.15) is 43.7 Å². The second-order valence-corrected chi connectivity index (χ2v) is 28.2. The number of hydrogen-bond acceptors (Lipinski definition) is 22. The summed E-state index contributed by atoms with van der Waals surface area (Å²) in [7, 11) is 1.24. The number of cyclic esters (lactones) is 1. The van der Waals surface area contributed by atoms with E-state index in [1.54, 1.807) is 62.3 Å². The summed E-state index contributed by atoms with van der Waals surface area (Å²) < 4.78 is 142. The lowest BCUT2D eigenvalue weighted by molar-refractivity contribution is -0.305. The third-order valence-electron chi connectivity index (χ3n) is 17.5. The van der Waals surface area contributed by atoms with Gasteiger partial charge in [-0.25, -0.2) is 17.9 Å². The second-order valence-electron chi connectivity index (χ2n) is 26.5. The van der Waals surface area contributed by atoms with Gasteiger partial charge in [-0.15, -0.1) is 0 Å². The topological polar surface area (TPSA) is 293 Å². The number of ether oxygens (including phenoxy) is 11. The number of likely N-dealkylation sites (N-methyl/N-ethyl adjacent to an activating group) is 1. The van der Waals surface area contributed by atoms with Crippen molar-refractivity contribution in [3.05, 3.63) is 29.8 Å². The summed E-state index contributed by atoms with van der Waals surface area (Å²) in [6.07, 6.45) is -20.9. The molecule has 22 atom stereocenters. The molecule has 0 aromatic heterocycles. The number of sulfonamides is 1. The number of rotatable bonds is 20. The minimum absolute atomic E-state index is 0.0706. The van der Waals surface area contributed by atoms with E-state index in [-0.39, 0.29) is 43.2 Å². The molecule has 0 radical (unpaired) electrons. The van der Waals surface area contributed by atoms with E-state index < -0.39 is 190 Å². The van der Waals surface area contributed by atoms with Crippen LogP contribution in [0.25, 0.3) is 0 Å². The highest BCUT2D eigenvalue weighted by molar-refractivity contribution is 7.89. The Kier molecular flexibility index (Phi) is 27.5. The zero-order chi connectivity index (χ0) is 67.7. The van der Waals surface area contributed by atoms with Crippen molar-refractivity contribution >= 4 is 39.6 Å². The molecule has 1 amide bonds. The van der Waals surface area contributed by atoms with E-state index >= 15 is 9.59 Å². The predicted molar refractivity (Wildman–Crippen MR) is 321 cm³/mol. The SMILES string of the molecule is CO/N=C1\C[C@@H](C)O[C@@H](O[C@@H]2[C@@H](C)[C@H](O[C@H]3CC(C)N(C)C[C@H](C)O3)[C@@H](C)C(=O)O[C@H]([C@@H](C)CO[C@@H]3O[C@H](C)[C@@H](O)[C@@H](OC)[C@H]3OC)[C@H](C)[C@@H](OC(=O)CC(C)C)[C@@H](C)C(=O)[C@@](C)(OC(=O)NC(C)(C)CNS(=O)(=O)c3ccccc3C(F)(F)F)C[C@@H]2C)[C@@H]1O. The molecular formula is C62H101F3N4O20S. The van der Waals surface area contributed by atoms with Gasteiger partial charge in [0, 0.05) is 70.4 Å². The molecule has 1 unspecified atom stereocenters. The maximum absolute atomic E-state index is 16.1. The van der Waals surface area contributed by atoms with E-state index in [9.17, 15) is 41.4 Å². The van der Waals surface area contributed by atoms with E-state index in [1.807, 2.05) is 20.9 Å². The average molecular weight is 1310 g/mol. The number of benzene rings is 1. The number of amides is 1. The Morgan fingerprint density at radius 1 is 0.844 bits per heavy atom. The highest BCUT2D eigenvalue weighted by atomic mass is 32.2. The van der Waals surface area contributed by atoms with Crippen LogP contribution in [0.15, 0.2) is 34.3 Å². The van der Waals surface area contributed by atoms with Gasteiger partial charge in [0.25, 0.3) is 0 Å². The summed E-state index contributed by atoms with van der Waals surface area (Å²) >= 11 is 0. The fourth-order valence-corrected chi connectivity index (χ4v) is 14.0. The van der Waals surface area contributed by atoms with Crippen molar-refractivity contribution in [2.75, 3.05) is 48.1 Å². The van der Waals surface area contributed by atoms with Crippen molar-refractivity contribution in [1.29, 1.82) is 0 Å². The number of nitrogens with one attached hydrogen (secondary N) is 2. The number of halogens is 3. The minimum Gasteiger partial charge on any atom is -0.461 e. The molecular weight excluding hydrogens is 1210 g/mol. The molecule has 1 aromatic carbocycles. The number of methoxy groups -OCH3 is 2. The van der Waals surface area contributed by atoms with Gasteiger partial charge < -0.3 is 77.4 Å². The van der Waals surface area contributed by atoms with Gasteiger partial charge in [0.15, 0.2) is 30.3 Å². The zero-order valence-electron chi connectivity index (χ0n) is 55.6. The van der Waals surface area contributed by atoms with Crippen molar-refractivity contribution in [2.45, 2.75) is 244 Å². The number of alkyl carbamates (subject to hydrolysis) is 1. The Labute approximate surface area is 528 Å². The molecule has 4 saturated heterocycles. The van der Waals surface area contributed by atoms with Crippen LogP contribution in [-0.2, 0) is 87.5 Å². The number of nitrogens with zero attached hydrogens (tertiary/aromatic N) is 2. The molecule has 4 aliphatic rings. The lowest BCUT2D eigenvalue weighted by atomic mass is 9.74. The first kappa shape index (κ1) is 76.5. The number of oxime groups is 1. The summed E-state index contributed by atoms with van der Waals surface area (Å²) in [6, 6.07) is 3.55. The largest absolute Gasteiger partial charge is 0.461 e. The number of hydrogen-bond donors (Lipinski definition) is 4. The summed E-state index contributed by atoms with van der Waals surface area (Å²) in [5, 5.41) is 29.5. The lowest BCUT2D eigenvalue weighted by Crippen LogP contribution is -2.59. The van der Waals surface area contributed by atoms with Crippen LogP contribution < -0.4 is 10.0 Å². The Hall–Kier alpha value is -4.17. The summed E-state index contributed by atoms with van der Waals surface area (Å²) in [5.74, 6) is -8.83. The maximum Gasteiger partial charge on any atom is 0.417 e. The number of ketones is 1. The van der Waals surface area contributed by atoms with Crippen LogP contribution >= 0.6 is 0 Å². The van der Waals surface area contributed by atoms with Gasteiger partial charge >= 0.3 is 24.2 Å². The summed E-state index contributed by atoms with van der Waals surface area (Å²) in [4.78, 5) is 66.6. The van der Waals surface area contributed by atoms with Gasteiger partial charge in [-0.2, -0.15) is 13.2 Å². The van der Waals surface area contributed by atoms with Gasteiger partial charge in [-0.1, -0.05) is 65.8 Å². The maximum atomic E-state index is 16.1. The number of esters is 2. The van der Waals surface area contributed by atoms with Gasteiger partial charge in [-0.3, -0.25) is 14.4 Å². The van der Waals surface area contributed by atoms with Crippen molar-refractivity contribution in [3.8, 4) is 0 Å². The Morgan fingerprint density at radius 2 is 1.49 bits per heavy atom. The van der Waals surface area contributed by atoms with Crippen LogP contribution in [0.4, 0.5) is 18.0 Å². The van der Waals surface area contributed by atoms with Crippen LogP contribution in [0.1, 0.15) is 135 Å². The molecule has 1 aromatic rings. The van der Waals surface area contributed by atoms with Crippen LogP contribution in [0, 0.1) is 41.4 Å². The molecule has 90 heavy (non-hydrogen) atoms. The molecule has 0 aliphatic carbocycles. The van der Waals surface area contributed by atoms with Crippen molar-refractivity contribution in [3.63, 3.8) is 0 Å². The van der Waals surface area contributed by atoms with Gasteiger partial charge in [0.05, 0.1) is 70.7 Å². The van der Waals surface area contributed by atoms with Crippen LogP contribution in [0.3, 0.4) is 0 Å². The molecule has 5 rings (SSSR count). The molecule has 4 aliphatic heterocycles. The van der Waals surface area contributed by atoms with Crippen LogP contribution in [0.2, 0.25) is 0 Å². The fourth-order valence-electron chi connectivity index (χ4n) is 12.6. The molecule has 4 fully saturated rings. The molecule has 28 heteroatoms. The van der Waals surface area contributed by atoms with Crippen LogP contribution in [0.5, 0.6) is 0 Å². The van der Waals surface area contributed by atoms with E-state index in [1.165, 1.54) is 49.0 Å². The lowest BCUT2D eigenvalue weighted by Gasteiger charge is -2.45. The quantitative estimate of drug-likeness (QED) is 0.0594. The standard InChI is InChI=1S/C62H101F3N4O20S/c1-31(2)24-45(70)85-51-38(9)50(33(4)29-81-58-54(79-18)53(78-17)47(71)41(12)84-58)87-56(74)40(11)52(86-46-25-34(5)69(16)28-36(7)82-46)37(8)49(88-57-48(72)43(68-80-19)26-35(6)83-57)32(3)27-61(15,55(73)39(51)10)89-59(75)67-60(13,14)30-66-90(76,77)44-23-21-20-22-42(44)62(63,64)65/h20-23,31-41,46-54,57-58,66,71-72H,24-30H2,1-19H3,(H,67,75)/b68-43+/t32-,33-,34?,35+,36-,37+,38-,39+,40+,41+,46-,47+,48+,49-,50+,51+,52-,53+,54+,57-,58+,61-/m0/s1. The number of carbonyl (C=O) groups excluding carboxylic acids is 4. The summed E-state index contributed by atoms with van der Waals surface area (Å²) in [5.41, 5.74) is -5.09. The highest BCUT2D eigenvalue weighted by Gasteiger charge is 2.53. The molecule has 24 nitrogen and oxygen atoms in total. The molecule has 4 N–H and O–H groups in total. The Morgan fingerprint density at radius 3 is 2.10 bits per heavy atom. The third-order valence-corrected chi connectivity index (χ3v) is 19.0. The smallest absolute Gasteiger partial charge is 0.417 e. The van der Waals surface area contributed by atoms with Crippen LogP contribution in [-0.4, -0.2) is 204 Å². The van der Waals surface area contributed by atoms with E-state index in [0.717, 1.165) is 18.2 Å². The number of carbonyl (C=O) groups is 4. The number of aliphatic hydroxyl groups excluding tert-OH is 2. The Balaban J connectivity index is 1.71. The first-order chi connectivity index (χ1) is 41.8. The monoisotopic (exact) mass is 1310 g/mol. The van der Waals surface area contributed by atoms with E-state index in [2.05, 4.69) is 20.1 Å². The average Bonchev–Trinajstić information content (AvgIpc) is 1.17. The fraction of sp³-hybridized carbons (Fsp3) is 0.823. The molecule has 4 heterocycles. The third kappa shape index (κ3) is 19.7. The van der Waals surface area contributed by atoms with E-state index in [4.69, 9.17) is 56.9 Å². The van der Waals surface area contributed by atoms with Crippen molar-refractivity contribution in [2.24, 2.45) is 46.6 Å². The number of Topliss-reactive ketones (excluding diaryl/α,β-unsaturated/α-hetero) is 1. The van der Waals surface area contributed by atoms with Crippen molar-refractivity contribution in [1.82, 2.24) is 14.9 Å². The molecule has 516 valence electrons. The van der Waals surface area contributed by atoms with Crippen molar-refractivity contribution < 1.29 is 108 Å². The van der Waals surface area contributed by atoms with Gasteiger partial charge in [0.2, 0.25) is 10.0 Å². The second kappa shape index (κ2) is 32.3. The normalized spacial score (nSPS) is 36.7. The molecule has 0 saturated carbocycles. The highest BCUT2D eigenvalue weighted by Crippen LogP contribution is 2.41. The zero-order valence-corrected chi connectivity index (χ0v) is 56.5. The minimum atomic E-state index is -5.03. The first-order valence-corrected chi connectivity index (χ1v) is 32.5. The molecule has 0 bridgehead atoms. The number of aliphatic hydroxyl groups is 2. The van der Waals surface area contributed by atoms with E-state index in [0.29, 0.717) is 19.0 Å². The Bertz CT molecular complexity index is 2680. The number of alkyl halides is 3.